The van der Waals surface area contributed by atoms with Crippen molar-refractivity contribution in [3.63, 3.8) is 0 Å². The number of hydrogen-bond donors (Lipinski definition) is 3. The maximum absolute atomic E-state index is 10.7. The molecule has 0 bridgehead atoms. The Bertz CT molecular complexity index is 219. The van der Waals surface area contributed by atoms with Gasteiger partial charge in [-0.15, -0.1) is 0 Å². The van der Waals surface area contributed by atoms with Gasteiger partial charge in [-0.2, -0.15) is 0 Å². The van der Waals surface area contributed by atoms with Crippen LogP contribution in [0.3, 0.4) is 0 Å². The van der Waals surface area contributed by atoms with Gasteiger partial charge < -0.3 is 16.6 Å². The molecular formula is C11H22N2O3. The summed E-state index contributed by atoms with van der Waals surface area (Å²) < 4.78 is 0. The molecule has 0 aromatic rings. The predicted molar refractivity (Wildman–Crippen MR) is 61.6 cm³/mol. The molecule has 0 saturated carbocycles. The highest BCUT2D eigenvalue weighted by atomic mass is 16.4. The summed E-state index contributed by atoms with van der Waals surface area (Å²) in [6.07, 6.45) is 2.86. The zero-order valence-electron chi connectivity index (χ0n) is 9.98. The molecule has 5 N–H and O–H groups in total. The molecule has 0 aliphatic carbocycles. The smallest absolute Gasteiger partial charge is 0.306 e. The molecule has 0 saturated heterocycles. The summed E-state index contributed by atoms with van der Waals surface area (Å²) in [5, 5.41) is 8.70. The summed E-state index contributed by atoms with van der Waals surface area (Å²) in [6, 6.07) is -0.584. The zero-order chi connectivity index (χ0) is 12.7. The van der Waals surface area contributed by atoms with E-state index in [1.807, 2.05) is 6.92 Å². The average molecular weight is 230 g/mol. The Kier molecular flexibility index (Phi) is 6.72. The van der Waals surface area contributed by atoms with Gasteiger partial charge in [0.1, 0.15) is 0 Å². The van der Waals surface area contributed by atoms with Crippen molar-refractivity contribution in [1.29, 1.82) is 0 Å². The third-order valence-electron chi connectivity index (χ3n) is 2.85. The van der Waals surface area contributed by atoms with Crippen molar-refractivity contribution in [1.82, 2.24) is 0 Å². The number of hydrogen-bond acceptors (Lipinski definition) is 3. The number of nitrogens with two attached hydrogens (primary N) is 2. The van der Waals surface area contributed by atoms with Crippen molar-refractivity contribution in [2.75, 3.05) is 0 Å². The fourth-order valence-electron chi connectivity index (χ4n) is 1.41. The average Bonchev–Trinajstić information content (AvgIpc) is 2.21. The van der Waals surface area contributed by atoms with Crippen molar-refractivity contribution in [2.45, 2.75) is 45.6 Å². The van der Waals surface area contributed by atoms with Crippen LogP contribution in [0, 0.1) is 11.8 Å². The fraction of sp³-hybridized carbons (Fsp3) is 0.818. The minimum Gasteiger partial charge on any atom is -0.481 e. The molecule has 0 spiro atoms. The first-order valence-electron chi connectivity index (χ1n) is 5.62. The van der Waals surface area contributed by atoms with Crippen molar-refractivity contribution >= 4 is 11.9 Å². The number of aliphatic carboxylic acids is 1. The minimum absolute atomic E-state index is 0.313. The van der Waals surface area contributed by atoms with E-state index in [0.29, 0.717) is 18.8 Å². The molecule has 1 amide bonds. The van der Waals surface area contributed by atoms with Crippen LogP contribution in [0.5, 0.6) is 0 Å². The number of primary amides is 1. The lowest BCUT2D eigenvalue weighted by atomic mass is 9.93. The third-order valence-corrected chi connectivity index (χ3v) is 2.85. The third kappa shape index (κ3) is 6.40. The van der Waals surface area contributed by atoms with Gasteiger partial charge in [0.2, 0.25) is 5.91 Å². The van der Waals surface area contributed by atoms with Gasteiger partial charge in [-0.05, 0) is 31.6 Å². The molecule has 0 aromatic carbocycles. The van der Waals surface area contributed by atoms with E-state index in [2.05, 4.69) is 0 Å². The van der Waals surface area contributed by atoms with Crippen molar-refractivity contribution in [3.05, 3.63) is 0 Å². The van der Waals surface area contributed by atoms with E-state index in [0.717, 1.165) is 12.8 Å². The van der Waals surface area contributed by atoms with E-state index >= 15 is 0 Å². The molecule has 0 aromatic heterocycles. The Morgan fingerprint density at radius 2 is 1.62 bits per heavy atom. The maximum Gasteiger partial charge on any atom is 0.306 e. The van der Waals surface area contributed by atoms with E-state index in [4.69, 9.17) is 16.6 Å². The number of amides is 1. The molecule has 3 unspecified atom stereocenters. The Labute approximate surface area is 96.2 Å². The molecule has 0 aliphatic rings. The lowest BCUT2D eigenvalue weighted by Gasteiger charge is -2.14. The Hall–Kier alpha value is -1.10. The molecule has 0 fully saturated rings. The number of carbonyl (C=O) groups is 2. The molecule has 3 atom stereocenters. The Morgan fingerprint density at radius 1 is 1.12 bits per heavy atom. The van der Waals surface area contributed by atoms with Crippen molar-refractivity contribution in [2.24, 2.45) is 23.3 Å². The zero-order valence-corrected chi connectivity index (χ0v) is 9.98. The van der Waals surface area contributed by atoms with Crippen LogP contribution in [0.2, 0.25) is 0 Å². The van der Waals surface area contributed by atoms with Gasteiger partial charge in [0.15, 0.2) is 0 Å². The summed E-state index contributed by atoms with van der Waals surface area (Å²) in [4.78, 5) is 21.3. The molecule has 94 valence electrons. The quantitative estimate of drug-likeness (QED) is 0.571. The largest absolute Gasteiger partial charge is 0.481 e. The van der Waals surface area contributed by atoms with Gasteiger partial charge in [0, 0.05) is 0 Å². The van der Waals surface area contributed by atoms with E-state index in [1.165, 1.54) is 0 Å². The molecule has 0 rings (SSSR count). The second kappa shape index (κ2) is 7.22. The van der Waals surface area contributed by atoms with E-state index in [-0.39, 0.29) is 5.92 Å². The topological polar surface area (TPSA) is 106 Å². The van der Waals surface area contributed by atoms with Gasteiger partial charge in [-0.1, -0.05) is 13.8 Å². The number of carboxylic acids is 1. The standard InChI is InChI=1S/C11H22N2O3/c1-7(3-5-8(2)11(15)16)4-6-9(12)10(13)14/h7-9H,3-6,12H2,1-2H3,(H2,13,14)(H,15,16). The van der Waals surface area contributed by atoms with E-state index in [9.17, 15) is 9.59 Å². The lowest BCUT2D eigenvalue weighted by molar-refractivity contribution is -0.141. The Balaban J connectivity index is 3.70. The molecule has 0 aliphatic heterocycles. The van der Waals surface area contributed by atoms with Crippen LogP contribution in [-0.2, 0) is 9.59 Å². The molecular weight excluding hydrogens is 208 g/mol. The van der Waals surface area contributed by atoms with Crippen LogP contribution in [0.25, 0.3) is 0 Å². The first kappa shape index (κ1) is 14.9. The van der Waals surface area contributed by atoms with Gasteiger partial charge >= 0.3 is 5.97 Å². The highest BCUT2D eigenvalue weighted by Gasteiger charge is 2.14. The van der Waals surface area contributed by atoms with Crippen LogP contribution < -0.4 is 11.5 Å². The number of rotatable bonds is 8. The minimum atomic E-state index is -0.763. The maximum atomic E-state index is 10.7. The van der Waals surface area contributed by atoms with Crippen LogP contribution in [0.15, 0.2) is 0 Å². The highest BCUT2D eigenvalue weighted by molar-refractivity contribution is 5.79. The molecule has 5 nitrogen and oxygen atoms in total. The monoisotopic (exact) mass is 230 g/mol. The molecule has 5 heteroatoms. The first-order valence-corrected chi connectivity index (χ1v) is 5.62. The summed E-state index contributed by atoms with van der Waals surface area (Å²) in [7, 11) is 0. The highest BCUT2D eigenvalue weighted by Crippen LogP contribution is 2.17. The second-order valence-electron chi connectivity index (χ2n) is 4.51. The summed E-state index contributed by atoms with van der Waals surface area (Å²) in [5.41, 5.74) is 10.5. The SMILES string of the molecule is CC(CCC(C)C(=O)O)CCC(N)C(N)=O. The number of carboxylic acid groups (broad SMARTS) is 1. The first-order chi connectivity index (χ1) is 7.34. The van der Waals surface area contributed by atoms with Crippen LogP contribution in [-0.4, -0.2) is 23.0 Å². The molecule has 0 radical (unpaired) electrons. The lowest BCUT2D eigenvalue weighted by Crippen LogP contribution is -2.36. The van der Waals surface area contributed by atoms with Gasteiger partial charge in [0.25, 0.3) is 0 Å². The second-order valence-corrected chi connectivity index (χ2v) is 4.51. The van der Waals surface area contributed by atoms with Crippen LogP contribution in [0.4, 0.5) is 0 Å². The summed E-state index contributed by atoms with van der Waals surface area (Å²) >= 11 is 0. The molecule has 0 heterocycles. The Morgan fingerprint density at radius 3 is 2.06 bits per heavy atom. The van der Waals surface area contributed by atoms with E-state index < -0.39 is 17.9 Å². The van der Waals surface area contributed by atoms with Gasteiger partial charge in [-0.3, -0.25) is 9.59 Å². The van der Waals surface area contributed by atoms with E-state index in [1.54, 1.807) is 6.92 Å². The summed E-state index contributed by atoms with van der Waals surface area (Å²) in [6.45, 7) is 3.73. The number of carbonyl (C=O) groups excluding carboxylic acids is 1. The van der Waals surface area contributed by atoms with Crippen LogP contribution in [0.1, 0.15) is 39.5 Å². The molecule has 16 heavy (non-hydrogen) atoms. The summed E-state index contributed by atoms with van der Waals surface area (Å²) in [5.74, 6) is -1.19. The van der Waals surface area contributed by atoms with Gasteiger partial charge in [0.05, 0.1) is 12.0 Å². The predicted octanol–water partition coefficient (Wildman–Crippen LogP) is 0.716. The van der Waals surface area contributed by atoms with Crippen molar-refractivity contribution < 1.29 is 14.7 Å². The van der Waals surface area contributed by atoms with Gasteiger partial charge in [-0.25, -0.2) is 0 Å². The normalized spacial score (nSPS) is 16.4. The van der Waals surface area contributed by atoms with Crippen molar-refractivity contribution in [3.8, 4) is 0 Å². The fourth-order valence-corrected chi connectivity index (χ4v) is 1.41. The van der Waals surface area contributed by atoms with Crippen LogP contribution >= 0.6 is 0 Å².